The Bertz CT molecular complexity index is 220. The normalized spacial score (nSPS) is 17.4. The predicted molar refractivity (Wildman–Crippen MR) is 69.7 cm³/mol. The molecular weight excluding hydrogens is 297 g/mol. The van der Waals surface area contributed by atoms with E-state index < -0.39 is 16.8 Å². The average Bonchev–Trinajstić information content (AvgIpc) is 2.01. The SMILES string of the molecule is CCCC(C)S(C(C)CCC)=P(O)(O)O.[Zn]. The molecule has 0 rings (SSSR count). The summed E-state index contributed by atoms with van der Waals surface area (Å²) in [6.07, 6.45) is 3.92. The third-order valence-electron chi connectivity index (χ3n) is 2.50. The number of hydrogen-bond acceptors (Lipinski definition) is 0. The van der Waals surface area contributed by atoms with Crippen LogP contribution in [0.25, 0.3) is 0 Å². The van der Waals surface area contributed by atoms with Crippen molar-refractivity contribution in [2.45, 2.75) is 63.9 Å². The summed E-state index contributed by atoms with van der Waals surface area (Å²) in [5, 5.41) is 0.398. The van der Waals surface area contributed by atoms with Crippen molar-refractivity contribution in [1.29, 1.82) is 0 Å². The summed E-state index contributed by atoms with van der Waals surface area (Å²) in [6, 6.07) is 0. The van der Waals surface area contributed by atoms with Crippen LogP contribution in [0.5, 0.6) is 0 Å². The summed E-state index contributed by atoms with van der Waals surface area (Å²) in [5.41, 5.74) is 0. The van der Waals surface area contributed by atoms with E-state index in [-0.39, 0.29) is 30.0 Å². The monoisotopic (exact) mass is 320 g/mol. The van der Waals surface area contributed by atoms with Crippen LogP contribution in [0, 0.1) is 0 Å². The van der Waals surface area contributed by atoms with E-state index in [1.54, 1.807) is 0 Å². The Morgan fingerprint density at radius 2 is 1.25 bits per heavy atom. The van der Waals surface area contributed by atoms with Gasteiger partial charge >= 0.3 is 0 Å². The van der Waals surface area contributed by atoms with Crippen LogP contribution in [0.3, 0.4) is 0 Å². The van der Waals surface area contributed by atoms with E-state index in [2.05, 4.69) is 13.8 Å². The van der Waals surface area contributed by atoms with Crippen molar-refractivity contribution in [1.82, 2.24) is 0 Å². The van der Waals surface area contributed by atoms with Gasteiger partial charge in [0, 0.05) is 30.0 Å². The van der Waals surface area contributed by atoms with Gasteiger partial charge in [-0.25, -0.2) is 0 Å². The third-order valence-corrected chi connectivity index (χ3v) is 9.04. The summed E-state index contributed by atoms with van der Waals surface area (Å²) in [5.74, 6) is 0. The minimum absolute atomic E-state index is 0. The molecule has 0 fully saturated rings. The van der Waals surface area contributed by atoms with Crippen LogP contribution >= 0.6 is 6.72 Å². The molecule has 0 saturated carbocycles. The Morgan fingerprint density at radius 1 is 0.938 bits per heavy atom. The van der Waals surface area contributed by atoms with Gasteiger partial charge in [0.1, 0.15) is 0 Å². The van der Waals surface area contributed by atoms with Crippen molar-refractivity contribution in [3.8, 4) is 0 Å². The maximum Gasteiger partial charge on any atom is 0.277 e. The topological polar surface area (TPSA) is 60.7 Å². The van der Waals surface area contributed by atoms with Crippen molar-refractivity contribution in [2.75, 3.05) is 0 Å². The molecule has 0 aromatic rings. The molecule has 0 aliphatic rings. The Balaban J connectivity index is 0. The Hall–Kier alpha value is 1.28. The first-order valence-electron chi connectivity index (χ1n) is 5.64. The molecule has 0 aliphatic carbocycles. The summed E-state index contributed by atoms with van der Waals surface area (Å²) in [6.45, 7) is 4.51. The van der Waals surface area contributed by atoms with Crippen LogP contribution in [-0.2, 0) is 29.6 Å². The van der Waals surface area contributed by atoms with E-state index in [0.717, 1.165) is 25.7 Å². The molecule has 3 N–H and O–H groups in total. The zero-order valence-corrected chi connectivity index (χ0v) is 15.6. The Labute approximate surface area is 115 Å². The van der Waals surface area contributed by atoms with E-state index in [0.29, 0.717) is 0 Å². The van der Waals surface area contributed by atoms with Gasteiger partial charge in [0.15, 0.2) is 0 Å². The molecule has 0 heterocycles. The van der Waals surface area contributed by atoms with E-state index in [4.69, 9.17) is 0 Å². The molecule has 0 aromatic carbocycles. The Morgan fingerprint density at radius 3 is 1.44 bits per heavy atom. The van der Waals surface area contributed by atoms with Gasteiger partial charge in [-0.05, 0) is 12.8 Å². The second-order valence-electron chi connectivity index (χ2n) is 4.06. The van der Waals surface area contributed by atoms with Gasteiger partial charge in [0.2, 0.25) is 0 Å². The Kier molecular flexibility index (Phi) is 11.3. The van der Waals surface area contributed by atoms with Crippen LogP contribution in [0.2, 0.25) is 0 Å². The van der Waals surface area contributed by atoms with Crippen LogP contribution in [0.4, 0.5) is 0 Å². The summed E-state index contributed by atoms with van der Waals surface area (Å²) < 4.78 is 0. The number of rotatable bonds is 6. The molecule has 2 unspecified atom stereocenters. The molecule has 0 amide bonds. The zero-order chi connectivity index (χ0) is 12.1. The molecule has 0 radical (unpaired) electrons. The fraction of sp³-hybridized carbons (Fsp3) is 1.00. The van der Waals surface area contributed by atoms with Crippen LogP contribution in [0.15, 0.2) is 0 Å². The smallest absolute Gasteiger partial charge is 0.277 e. The molecule has 0 saturated heterocycles. The maximum atomic E-state index is 9.51. The van der Waals surface area contributed by atoms with Crippen molar-refractivity contribution < 1.29 is 34.2 Å². The molecule has 0 spiro atoms. The van der Waals surface area contributed by atoms with E-state index in [1.165, 1.54) is 0 Å². The second kappa shape index (κ2) is 9.24. The van der Waals surface area contributed by atoms with Crippen molar-refractivity contribution >= 4 is 16.8 Å². The summed E-state index contributed by atoms with van der Waals surface area (Å²) in [7, 11) is -0.653. The molecule has 6 heteroatoms. The largest absolute Gasteiger partial charge is 0.329 e. The second-order valence-corrected chi connectivity index (χ2v) is 10.1. The van der Waals surface area contributed by atoms with Gasteiger partial charge in [-0.15, -0.1) is 10.1 Å². The molecule has 0 aromatic heterocycles. The first-order valence-corrected chi connectivity index (χ1v) is 9.24. The molecule has 16 heavy (non-hydrogen) atoms. The molecule has 0 bridgehead atoms. The summed E-state index contributed by atoms with van der Waals surface area (Å²) >= 11 is 0. The van der Waals surface area contributed by atoms with Crippen LogP contribution in [-0.4, -0.2) is 25.2 Å². The van der Waals surface area contributed by atoms with Crippen molar-refractivity contribution in [3.05, 3.63) is 0 Å². The molecule has 0 aliphatic heterocycles. The fourth-order valence-corrected chi connectivity index (χ4v) is 8.18. The first kappa shape index (κ1) is 19.6. The first-order chi connectivity index (χ1) is 6.84. The van der Waals surface area contributed by atoms with Crippen LogP contribution < -0.4 is 0 Å². The van der Waals surface area contributed by atoms with Gasteiger partial charge in [0.25, 0.3) is 6.72 Å². The van der Waals surface area contributed by atoms with Crippen LogP contribution in [0.1, 0.15) is 53.4 Å². The zero-order valence-electron chi connectivity index (χ0n) is 10.9. The predicted octanol–water partition coefficient (Wildman–Crippen LogP) is 2.63. The quantitative estimate of drug-likeness (QED) is 0.520. The van der Waals surface area contributed by atoms with Crippen molar-refractivity contribution in [2.24, 2.45) is 0 Å². The average molecular weight is 322 g/mol. The van der Waals surface area contributed by atoms with Gasteiger partial charge in [-0.1, -0.05) is 40.5 Å². The fourth-order valence-electron chi connectivity index (χ4n) is 1.93. The number of hydrogen-bond donors (Lipinski definition) is 3. The third kappa shape index (κ3) is 6.88. The minimum Gasteiger partial charge on any atom is -0.329 e. The van der Waals surface area contributed by atoms with E-state index in [1.807, 2.05) is 13.8 Å². The van der Waals surface area contributed by atoms with E-state index in [9.17, 15) is 14.7 Å². The maximum absolute atomic E-state index is 9.51. The van der Waals surface area contributed by atoms with Gasteiger partial charge in [0.05, 0.1) is 0 Å². The molecule has 96 valence electrons. The molecule has 2 atom stereocenters. The minimum atomic E-state index is -3.67. The molecule has 3 nitrogen and oxygen atoms in total. The van der Waals surface area contributed by atoms with Gasteiger partial charge in [-0.3, -0.25) is 0 Å². The standard InChI is InChI=1S/C10H25O3PS.Zn/c1-5-7-9(3)15(14(11,12)13)10(4)8-6-2;/h9-13H,5-8H2,1-4H3;. The van der Waals surface area contributed by atoms with Crippen molar-refractivity contribution in [3.63, 3.8) is 0 Å². The van der Waals surface area contributed by atoms with E-state index >= 15 is 0 Å². The molecular formula is C10H25O3PSZn. The van der Waals surface area contributed by atoms with Gasteiger partial charge < -0.3 is 14.7 Å². The van der Waals surface area contributed by atoms with Gasteiger partial charge in [-0.2, -0.15) is 0 Å². The summed E-state index contributed by atoms with van der Waals surface area (Å²) in [4.78, 5) is 28.5.